The zero-order valence-corrected chi connectivity index (χ0v) is 5.86. The molecule has 6 heteroatoms. The minimum Gasteiger partial charge on any atom is -0.401 e. The number of nitro benzene ring substituents is 1. The molecule has 12 heavy (non-hydrogen) atoms. The van der Waals surface area contributed by atoms with E-state index in [0.717, 1.165) is 12.1 Å². The summed E-state index contributed by atoms with van der Waals surface area (Å²) in [6, 6.07) is 3.33. The van der Waals surface area contributed by atoms with Gasteiger partial charge >= 0.3 is 5.69 Å². The highest BCUT2D eigenvalue weighted by Crippen LogP contribution is 2.28. The van der Waals surface area contributed by atoms with Crippen molar-refractivity contribution in [3.63, 3.8) is 0 Å². The van der Waals surface area contributed by atoms with Crippen LogP contribution < -0.4 is 10.7 Å². The number of halogens is 1. The first kappa shape index (κ1) is 8.41. The quantitative estimate of drug-likeness (QED) is 0.532. The molecule has 0 saturated heterocycles. The summed E-state index contributed by atoms with van der Waals surface area (Å²) in [6.45, 7) is 0. The van der Waals surface area contributed by atoms with Crippen molar-refractivity contribution in [2.45, 2.75) is 0 Å². The maximum atomic E-state index is 12.7. The molecule has 1 aromatic rings. The number of nitrogens with zero attached hydrogens (tertiary/aromatic N) is 1. The number of benzene rings is 1. The zero-order valence-electron chi connectivity index (χ0n) is 5.86. The smallest absolute Gasteiger partial charge is 0.316 e. The maximum absolute atomic E-state index is 12.7. The highest BCUT2D eigenvalue weighted by Gasteiger charge is 2.18. The standard InChI is InChI=1S/C6H5FN2O3/c7-4-2-1-3-5(9(10)11)6(4)12-8/h1-3H,8H2. The van der Waals surface area contributed by atoms with E-state index >= 15 is 0 Å². The fourth-order valence-corrected chi connectivity index (χ4v) is 0.758. The highest BCUT2D eigenvalue weighted by molar-refractivity contribution is 5.46. The monoisotopic (exact) mass is 172 g/mol. The Hall–Kier alpha value is -1.69. The molecule has 0 aliphatic carbocycles. The van der Waals surface area contributed by atoms with Gasteiger partial charge in [-0.15, -0.1) is 0 Å². The van der Waals surface area contributed by atoms with Crippen molar-refractivity contribution in [2.24, 2.45) is 5.90 Å². The number of hydrogen-bond donors (Lipinski definition) is 1. The third kappa shape index (κ3) is 1.32. The summed E-state index contributed by atoms with van der Waals surface area (Å²) in [5.74, 6) is 3.24. The molecule has 0 aromatic heterocycles. The molecule has 5 nitrogen and oxygen atoms in total. The van der Waals surface area contributed by atoms with E-state index in [1.807, 2.05) is 0 Å². The largest absolute Gasteiger partial charge is 0.401 e. The molecule has 0 bridgehead atoms. The molecular weight excluding hydrogens is 167 g/mol. The Balaban J connectivity index is 3.27. The van der Waals surface area contributed by atoms with E-state index in [0.29, 0.717) is 0 Å². The fraction of sp³-hybridized carbons (Fsp3) is 0. The van der Waals surface area contributed by atoms with Crippen LogP contribution in [-0.4, -0.2) is 4.92 Å². The zero-order chi connectivity index (χ0) is 9.14. The van der Waals surface area contributed by atoms with Gasteiger partial charge in [0.05, 0.1) is 4.92 Å². The molecule has 0 amide bonds. The minimum absolute atomic E-state index is 0.488. The van der Waals surface area contributed by atoms with Crippen LogP contribution in [-0.2, 0) is 0 Å². The van der Waals surface area contributed by atoms with Gasteiger partial charge in [0.1, 0.15) is 0 Å². The molecule has 0 spiro atoms. The van der Waals surface area contributed by atoms with Crippen LogP contribution in [0.25, 0.3) is 0 Å². The molecule has 0 heterocycles. The molecule has 1 rings (SSSR count). The van der Waals surface area contributed by atoms with Crippen molar-refractivity contribution in [3.8, 4) is 5.75 Å². The second-order valence-electron chi connectivity index (χ2n) is 1.96. The normalized spacial score (nSPS) is 9.50. The Kier molecular flexibility index (Phi) is 2.20. The second kappa shape index (κ2) is 3.14. The van der Waals surface area contributed by atoms with E-state index < -0.39 is 22.2 Å². The molecule has 0 aliphatic heterocycles. The third-order valence-electron chi connectivity index (χ3n) is 1.26. The fourth-order valence-electron chi connectivity index (χ4n) is 0.758. The first-order valence-corrected chi connectivity index (χ1v) is 2.96. The van der Waals surface area contributed by atoms with Crippen molar-refractivity contribution in [3.05, 3.63) is 34.1 Å². The van der Waals surface area contributed by atoms with E-state index in [4.69, 9.17) is 0 Å². The summed E-state index contributed by atoms with van der Waals surface area (Å²) in [6.07, 6.45) is 0. The van der Waals surface area contributed by atoms with Crippen LogP contribution >= 0.6 is 0 Å². The summed E-state index contributed by atoms with van der Waals surface area (Å²) in [4.78, 5) is 13.5. The average molecular weight is 172 g/mol. The lowest BCUT2D eigenvalue weighted by Gasteiger charge is -1.99. The first-order valence-electron chi connectivity index (χ1n) is 2.96. The molecule has 0 fully saturated rings. The highest BCUT2D eigenvalue weighted by atomic mass is 19.1. The van der Waals surface area contributed by atoms with Crippen molar-refractivity contribution in [1.82, 2.24) is 0 Å². The van der Waals surface area contributed by atoms with Gasteiger partial charge in [-0.2, -0.15) is 5.90 Å². The lowest BCUT2D eigenvalue weighted by Crippen LogP contribution is -2.06. The Morgan fingerprint density at radius 3 is 2.67 bits per heavy atom. The van der Waals surface area contributed by atoms with Gasteiger partial charge in [-0.1, -0.05) is 6.07 Å². The number of nitrogens with two attached hydrogens (primary N) is 1. The molecule has 64 valence electrons. The second-order valence-corrected chi connectivity index (χ2v) is 1.96. The predicted molar refractivity (Wildman–Crippen MR) is 37.9 cm³/mol. The maximum Gasteiger partial charge on any atom is 0.316 e. The number of para-hydroxylation sites is 1. The lowest BCUT2D eigenvalue weighted by molar-refractivity contribution is -0.386. The van der Waals surface area contributed by atoms with E-state index in [-0.39, 0.29) is 0 Å². The van der Waals surface area contributed by atoms with Crippen LogP contribution in [0, 0.1) is 15.9 Å². The van der Waals surface area contributed by atoms with Gasteiger partial charge in [0, 0.05) is 6.07 Å². The van der Waals surface area contributed by atoms with E-state index in [1.165, 1.54) is 6.07 Å². The van der Waals surface area contributed by atoms with Crippen LogP contribution in [0.15, 0.2) is 18.2 Å². The molecule has 0 saturated carbocycles. The van der Waals surface area contributed by atoms with Crippen molar-refractivity contribution in [2.75, 3.05) is 0 Å². The summed E-state index contributed by atoms with van der Waals surface area (Å²) < 4.78 is 12.7. The minimum atomic E-state index is -0.855. The van der Waals surface area contributed by atoms with Gasteiger partial charge in [-0.3, -0.25) is 10.1 Å². The van der Waals surface area contributed by atoms with E-state index in [2.05, 4.69) is 10.7 Å². The van der Waals surface area contributed by atoms with Gasteiger partial charge in [0.2, 0.25) is 0 Å². The van der Waals surface area contributed by atoms with Crippen molar-refractivity contribution in [1.29, 1.82) is 0 Å². The summed E-state index contributed by atoms with van der Waals surface area (Å²) in [5.41, 5.74) is -0.488. The molecule has 0 atom stereocenters. The Morgan fingerprint density at radius 2 is 2.25 bits per heavy atom. The number of rotatable bonds is 2. The third-order valence-corrected chi connectivity index (χ3v) is 1.26. The van der Waals surface area contributed by atoms with Gasteiger partial charge in [0.25, 0.3) is 5.75 Å². The van der Waals surface area contributed by atoms with Crippen molar-refractivity contribution >= 4 is 5.69 Å². The molecule has 0 radical (unpaired) electrons. The SMILES string of the molecule is NOc1c(F)cccc1[N+](=O)[O-]. The van der Waals surface area contributed by atoms with E-state index in [1.54, 1.807) is 0 Å². The first-order chi connectivity index (χ1) is 5.66. The van der Waals surface area contributed by atoms with Crippen LogP contribution in [0.3, 0.4) is 0 Å². The van der Waals surface area contributed by atoms with Crippen LogP contribution in [0.1, 0.15) is 0 Å². The van der Waals surface area contributed by atoms with Gasteiger partial charge in [0.15, 0.2) is 5.82 Å². The Labute approximate surface area is 66.7 Å². The Morgan fingerprint density at radius 1 is 1.58 bits per heavy atom. The van der Waals surface area contributed by atoms with Gasteiger partial charge in [-0.25, -0.2) is 4.39 Å². The average Bonchev–Trinajstić information content (AvgIpc) is 2.03. The summed E-state index contributed by atoms with van der Waals surface area (Å²) >= 11 is 0. The van der Waals surface area contributed by atoms with Gasteiger partial charge in [-0.05, 0) is 6.07 Å². The van der Waals surface area contributed by atoms with Crippen LogP contribution in [0.2, 0.25) is 0 Å². The molecule has 0 unspecified atom stereocenters. The van der Waals surface area contributed by atoms with Crippen LogP contribution in [0.5, 0.6) is 5.75 Å². The molecule has 2 N–H and O–H groups in total. The number of nitro groups is 1. The van der Waals surface area contributed by atoms with Crippen LogP contribution in [0.4, 0.5) is 10.1 Å². The van der Waals surface area contributed by atoms with Crippen molar-refractivity contribution < 1.29 is 14.2 Å². The van der Waals surface area contributed by atoms with Gasteiger partial charge < -0.3 is 4.84 Å². The molecule has 1 aromatic carbocycles. The predicted octanol–water partition coefficient (Wildman–Crippen LogP) is 0.986. The molecular formula is C6H5FN2O3. The summed E-state index contributed by atoms with van der Waals surface area (Å²) in [7, 11) is 0. The molecule has 0 aliphatic rings. The Bertz CT molecular complexity index is 316. The summed E-state index contributed by atoms with van der Waals surface area (Å²) in [5, 5.41) is 10.2. The lowest BCUT2D eigenvalue weighted by atomic mass is 10.3. The van der Waals surface area contributed by atoms with E-state index in [9.17, 15) is 14.5 Å². The number of hydrogen-bond acceptors (Lipinski definition) is 4. The topological polar surface area (TPSA) is 78.4 Å².